The van der Waals surface area contributed by atoms with Crippen molar-refractivity contribution in [3.8, 4) is 0 Å². The highest BCUT2D eigenvalue weighted by Crippen LogP contribution is 2.52. The summed E-state index contributed by atoms with van der Waals surface area (Å²) in [6.45, 7) is 2.35. The number of nitrogens with zero attached hydrogens (tertiary/aromatic N) is 1. The largest absolute Gasteiger partial charge is 0.332 e. The third-order valence-corrected chi connectivity index (χ3v) is 6.04. The Balaban J connectivity index is 1.35. The van der Waals surface area contributed by atoms with Crippen LogP contribution >= 0.6 is 23.6 Å². The van der Waals surface area contributed by atoms with E-state index in [0.29, 0.717) is 11.0 Å². The van der Waals surface area contributed by atoms with Gasteiger partial charge in [0.1, 0.15) is 0 Å². The van der Waals surface area contributed by atoms with Gasteiger partial charge in [-0.15, -0.1) is 11.3 Å². The minimum Gasteiger partial charge on any atom is -0.332 e. The van der Waals surface area contributed by atoms with Gasteiger partial charge < -0.3 is 10.6 Å². The lowest BCUT2D eigenvalue weighted by Crippen LogP contribution is -2.37. The van der Waals surface area contributed by atoms with Gasteiger partial charge in [0, 0.05) is 17.0 Å². The predicted molar refractivity (Wildman–Crippen MR) is 114 cm³/mol. The molecule has 3 aromatic rings. The maximum Gasteiger partial charge on any atom is 0.189 e. The summed E-state index contributed by atoms with van der Waals surface area (Å²) >= 11 is 6.99. The quantitative estimate of drug-likeness (QED) is 0.563. The summed E-state index contributed by atoms with van der Waals surface area (Å²) < 4.78 is 0. The maximum absolute atomic E-state index is 5.38. The molecule has 0 spiro atoms. The lowest BCUT2D eigenvalue weighted by atomic mass is 9.59. The number of rotatable bonds is 4. The van der Waals surface area contributed by atoms with Crippen LogP contribution < -0.4 is 10.6 Å². The average molecular weight is 380 g/mol. The van der Waals surface area contributed by atoms with Crippen LogP contribution in [0.25, 0.3) is 0 Å². The molecule has 0 atom stereocenters. The number of aromatic nitrogens is 1. The van der Waals surface area contributed by atoms with Gasteiger partial charge in [-0.2, -0.15) is 0 Å². The lowest BCUT2D eigenvalue weighted by molar-refractivity contribution is 0.222. The number of thiocarbonyl (C=S) groups is 1. The van der Waals surface area contributed by atoms with Crippen LogP contribution in [0.3, 0.4) is 0 Å². The molecule has 0 bridgehead atoms. The summed E-state index contributed by atoms with van der Waals surface area (Å²) in [6.07, 6.45) is 2.29. The van der Waals surface area contributed by atoms with Gasteiger partial charge in [-0.25, -0.2) is 4.98 Å². The van der Waals surface area contributed by atoms with E-state index >= 15 is 0 Å². The van der Waals surface area contributed by atoms with Crippen LogP contribution in [-0.2, 0) is 5.41 Å². The Bertz CT molecular complexity index is 884. The van der Waals surface area contributed by atoms with Crippen LogP contribution in [0.4, 0.5) is 10.8 Å². The molecule has 0 aliphatic heterocycles. The van der Waals surface area contributed by atoms with E-state index in [9.17, 15) is 0 Å². The third kappa shape index (κ3) is 3.64. The van der Waals surface area contributed by atoms with Crippen LogP contribution in [-0.4, -0.2) is 10.1 Å². The van der Waals surface area contributed by atoms with Gasteiger partial charge >= 0.3 is 0 Å². The van der Waals surface area contributed by atoms with E-state index in [1.807, 2.05) is 30.3 Å². The fourth-order valence-electron chi connectivity index (χ4n) is 3.63. The summed E-state index contributed by atoms with van der Waals surface area (Å²) in [5.41, 5.74) is 3.85. The van der Waals surface area contributed by atoms with Gasteiger partial charge in [0.05, 0.1) is 5.69 Å². The Morgan fingerprint density at radius 3 is 2.38 bits per heavy atom. The van der Waals surface area contributed by atoms with Crippen LogP contribution in [0.15, 0.2) is 66.0 Å². The van der Waals surface area contributed by atoms with Crippen LogP contribution in [0.1, 0.15) is 36.9 Å². The van der Waals surface area contributed by atoms with Crippen molar-refractivity contribution in [3.05, 3.63) is 77.3 Å². The van der Waals surface area contributed by atoms with E-state index in [4.69, 9.17) is 17.2 Å². The molecule has 2 N–H and O–H groups in total. The number of thiazole rings is 1. The standard InChI is InChI=1S/C21H21N3S2/c1-21(16-8-4-2-5-9-16)12-15(13-21)18-14-26-20(23-18)24-19(25)22-17-10-6-3-7-11-17/h2-11,14-15H,12-13H2,1H3,(H2,22,23,24,25). The summed E-state index contributed by atoms with van der Waals surface area (Å²) in [6, 6.07) is 20.7. The molecule has 0 saturated heterocycles. The topological polar surface area (TPSA) is 37.0 Å². The van der Waals surface area contributed by atoms with Gasteiger partial charge in [0.25, 0.3) is 0 Å². The fraction of sp³-hybridized carbons (Fsp3) is 0.238. The van der Waals surface area contributed by atoms with E-state index < -0.39 is 0 Å². The van der Waals surface area contributed by atoms with Crippen molar-refractivity contribution in [1.29, 1.82) is 0 Å². The second-order valence-corrected chi connectivity index (χ2v) is 8.32. The predicted octanol–water partition coefficient (Wildman–Crippen LogP) is 5.79. The summed E-state index contributed by atoms with van der Waals surface area (Å²) in [7, 11) is 0. The molecule has 1 aromatic heterocycles. The van der Waals surface area contributed by atoms with Crippen LogP contribution in [0.5, 0.6) is 0 Å². The van der Waals surface area contributed by atoms with Crippen LogP contribution in [0.2, 0.25) is 0 Å². The van der Waals surface area contributed by atoms with Gasteiger partial charge in [0.2, 0.25) is 0 Å². The molecule has 0 unspecified atom stereocenters. The number of benzene rings is 2. The number of hydrogen-bond donors (Lipinski definition) is 2. The highest BCUT2D eigenvalue weighted by atomic mass is 32.1. The number of hydrogen-bond acceptors (Lipinski definition) is 3. The maximum atomic E-state index is 5.38. The van der Waals surface area contributed by atoms with Crippen molar-refractivity contribution in [2.75, 3.05) is 10.6 Å². The molecular weight excluding hydrogens is 358 g/mol. The molecule has 0 amide bonds. The SMILES string of the molecule is CC1(c2ccccc2)CC(c2csc(NC(=S)Nc3ccccc3)n2)C1. The van der Waals surface area contributed by atoms with Crippen molar-refractivity contribution in [3.63, 3.8) is 0 Å². The Morgan fingerprint density at radius 1 is 1.04 bits per heavy atom. The zero-order valence-electron chi connectivity index (χ0n) is 14.6. The zero-order chi connectivity index (χ0) is 18.0. The van der Waals surface area contributed by atoms with Crippen molar-refractivity contribution >= 4 is 39.5 Å². The Labute approximate surface area is 163 Å². The Kier molecular flexibility index (Phi) is 4.74. The van der Waals surface area contributed by atoms with E-state index in [1.165, 1.54) is 11.3 Å². The van der Waals surface area contributed by atoms with Gasteiger partial charge in [-0.1, -0.05) is 55.5 Å². The van der Waals surface area contributed by atoms with Gasteiger partial charge in [0.15, 0.2) is 10.2 Å². The number of anilines is 2. The number of nitrogens with one attached hydrogen (secondary N) is 2. The van der Waals surface area contributed by atoms with Crippen molar-refractivity contribution in [2.24, 2.45) is 0 Å². The molecule has 1 heterocycles. The molecule has 26 heavy (non-hydrogen) atoms. The highest BCUT2D eigenvalue weighted by molar-refractivity contribution is 7.80. The van der Waals surface area contributed by atoms with E-state index in [0.717, 1.165) is 23.7 Å². The normalized spacial score (nSPS) is 21.7. The second-order valence-electron chi connectivity index (χ2n) is 7.05. The van der Waals surface area contributed by atoms with E-state index in [2.05, 4.69) is 53.3 Å². The molecule has 1 aliphatic rings. The average Bonchev–Trinajstić information content (AvgIpc) is 3.08. The molecule has 0 radical (unpaired) electrons. The molecule has 1 saturated carbocycles. The van der Waals surface area contributed by atoms with E-state index in [-0.39, 0.29) is 5.41 Å². The summed E-state index contributed by atoms with van der Waals surface area (Å²) in [5, 5.41) is 9.95. The molecule has 2 aromatic carbocycles. The minimum atomic E-state index is 0.271. The summed E-state index contributed by atoms with van der Waals surface area (Å²) in [5.74, 6) is 0.530. The second kappa shape index (κ2) is 7.17. The fourth-order valence-corrected chi connectivity index (χ4v) is 4.70. The first kappa shape index (κ1) is 17.2. The Hall–Kier alpha value is -2.24. The highest BCUT2D eigenvalue weighted by Gasteiger charge is 2.43. The van der Waals surface area contributed by atoms with Crippen LogP contribution in [0, 0.1) is 0 Å². The summed E-state index contributed by atoms with van der Waals surface area (Å²) in [4.78, 5) is 4.75. The number of para-hydroxylation sites is 1. The molecule has 5 heteroatoms. The van der Waals surface area contributed by atoms with Crippen molar-refractivity contribution in [2.45, 2.75) is 31.1 Å². The smallest absolute Gasteiger partial charge is 0.189 e. The molecule has 1 aliphatic carbocycles. The molecule has 132 valence electrons. The first-order valence-corrected chi connectivity index (χ1v) is 10.1. The molecule has 3 nitrogen and oxygen atoms in total. The first-order valence-electron chi connectivity index (χ1n) is 8.76. The first-order chi connectivity index (χ1) is 12.6. The zero-order valence-corrected chi connectivity index (χ0v) is 16.2. The Morgan fingerprint density at radius 2 is 1.69 bits per heavy atom. The monoisotopic (exact) mass is 379 g/mol. The van der Waals surface area contributed by atoms with Gasteiger partial charge in [-0.05, 0) is 48.2 Å². The minimum absolute atomic E-state index is 0.271. The molecule has 4 rings (SSSR count). The van der Waals surface area contributed by atoms with Crippen molar-refractivity contribution < 1.29 is 0 Å². The van der Waals surface area contributed by atoms with Gasteiger partial charge in [-0.3, -0.25) is 0 Å². The molecule has 1 fully saturated rings. The third-order valence-electron chi connectivity index (χ3n) is 5.06. The van der Waals surface area contributed by atoms with Crippen molar-refractivity contribution in [1.82, 2.24) is 4.98 Å². The van der Waals surface area contributed by atoms with E-state index in [1.54, 1.807) is 11.3 Å². The molecular formula is C21H21N3S2. The lowest BCUT2D eigenvalue weighted by Gasteiger charge is -2.45.